The highest BCUT2D eigenvalue weighted by Crippen LogP contribution is 2.28. The van der Waals surface area contributed by atoms with Crippen molar-refractivity contribution in [2.24, 2.45) is 0 Å². The molecule has 0 bridgehead atoms. The third-order valence-electron chi connectivity index (χ3n) is 2.10. The Morgan fingerprint density at radius 2 is 2.12 bits per heavy atom. The number of benzene rings is 1. The Bertz CT molecular complexity index is 548. The van der Waals surface area contributed by atoms with Gasteiger partial charge in [0.1, 0.15) is 5.76 Å². The molecule has 2 rings (SSSR count). The molecule has 0 atom stereocenters. The van der Waals surface area contributed by atoms with Gasteiger partial charge in [0.05, 0.1) is 10.6 Å². The Balaban J connectivity index is 2.54. The predicted octanol–water partition coefficient (Wildman–Crippen LogP) is 3.00. The van der Waals surface area contributed by atoms with E-state index in [4.69, 9.17) is 21.1 Å². The highest BCUT2D eigenvalue weighted by molar-refractivity contribution is 6.33. The third-order valence-corrected chi connectivity index (χ3v) is 2.43. The first-order valence-corrected chi connectivity index (χ1v) is 4.93. The Kier molecular flexibility index (Phi) is 2.66. The fourth-order valence-corrected chi connectivity index (χ4v) is 1.56. The van der Waals surface area contributed by atoms with Crippen LogP contribution in [0.1, 0.15) is 16.2 Å². The zero-order chi connectivity index (χ0) is 11.7. The van der Waals surface area contributed by atoms with Crippen molar-refractivity contribution in [1.29, 1.82) is 0 Å². The number of hydrogen-bond donors (Lipinski definition) is 1. The predicted molar refractivity (Wildman–Crippen MR) is 58.6 cm³/mol. The van der Waals surface area contributed by atoms with E-state index >= 15 is 0 Å². The third kappa shape index (κ3) is 1.79. The van der Waals surface area contributed by atoms with Crippen LogP contribution in [-0.2, 0) is 0 Å². The van der Waals surface area contributed by atoms with E-state index in [2.05, 4.69) is 4.98 Å². The summed E-state index contributed by atoms with van der Waals surface area (Å²) in [4.78, 5) is 14.7. The van der Waals surface area contributed by atoms with Crippen molar-refractivity contribution in [1.82, 2.24) is 4.98 Å². The average Bonchev–Trinajstić information content (AvgIpc) is 2.61. The number of hydrogen-bond acceptors (Lipinski definition) is 3. The van der Waals surface area contributed by atoms with E-state index in [1.165, 1.54) is 0 Å². The van der Waals surface area contributed by atoms with E-state index in [1.54, 1.807) is 31.2 Å². The van der Waals surface area contributed by atoms with Gasteiger partial charge >= 0.3 is 5.97 Å². The minimum absolute atomic E-state index is 0.0880. The van der Waals surface area contributed by atoms with Gasteiger partial charge in [-0.25, -0.2) is 9.78 Å². The Labute approximate surface area is 96.5 Å². The van der Waals surface area contributed by atoms with Gasteiger partial charge in [0.25, 0.3) is 0 Å². The number of carboxylic acids is 1. The van der Waals surface area contributed by atoms with Crippen LogP contribution in [0.3, 0.4) is 0 Å². The van der Waals surface area contributed by atoms with Gasteiger partial charge in [0, 0.05) is 0 Å². The summed E-state index contributed by atoms with van der Waals surface area (Å²) in [5.74, 6) is -0.623. The zero-order valence-corrected chi connectivity index (χ0v) is 9.15. The molecule has 0 amide bonds. The van der Waals surface area contributed by atoms with Crippen molar-refractivity contribution in [3.63, 3.8) is 0 Å². The molecule has 0 fully saturated rings. The molecule has 1 heterocycles. The second-order valence-corrected chi connectivity index (χ2v) is 3.62. The van der Waals surface area contributed by atoms with Crippen LogP contribution < -0.4 is 0 Å². The largest absolute Gasteiger partial charge is 0.476 e. The van der Waals surface area contributed by atoms with Crippen LogP contribution in [-0.4, -0.2) is 16.1 Å². The van der Waals surface area contributed by atoms with Gasteiger partial charge in [0.2, 0.25) is 5.89 Å². The molecule has 0 spiro atoms. The molecule has 1 aromatic heterocycles. The monoisotopic (exact) mass is 237 g/mol. The first kappa shape index (κ1) is 10.7. The van der Waals surface area contributed by atoms with Crippen molar-refractivity contribution in [3.05, 3.63) is 40.7 Å². The second-order valence-electron chi connectivity index (χ2n) is 3.21. The topological polar surface area (TPSA) is 63.3 Å². The lowest BCUT2D eigenvalue weighted by Crippen LogP contribution is -1.98. The zero-order valence-electron chi connectivity index (χ0n) is 8.40. The molecule has 2 aromatic rings. The lowest BCUT2D eigenvalue weighted by atomic mass is 10.2. The molecule has 16 heavy (non-hydrogen) atoms. The first-order chi connectivity index (χ1) is 7.59. The van der Waals surface area contributed by atoms with Crippen molar-refractivity contribution in [2.45, 2.75) is 6.92 Å². The minimum atomic E-state index is -1.11. The second kappa shape index (κ2) is 3.98. The molecule has 0 radical (unpaired) electrons. The minimum Gasteiger partial charge on any atom is -0.476 e. The number of carbonyl (C=O) groups is 1. The van der Waals surface area contributed by atoms with Gasteiger partial charge in [-0.3, -0.25) is 0 Å². The normalized spacial score (nSPS) is 10.4. The molecular weight excluding hydrogens is 230 g/mol. The Morgan fingerprint density at radius 1 is 1.44 bits per heavy atom. The molecule has 82 valence electrons. The summed E-state index contributed by atoms with van der Waals surface area (Å²) in [6, 6.07) is 6.97. The lowest BCUT2D eigenvalue weighted by Gasteiger charge is -1.96. The maximum absolute atomic E-state index is 10.8. The van der Waals surface area contributed by atoms with E-state index in [1.807, 2.05) is 0 Å². The molecule has 1 aromatic carbocycles. The van der Waals surface area contributed by atoms with Gasteiger partial charge in [-0.1, -0.05) is 23.7 Å². The van der Waals surface area contributed by atoms with Crippen LogP contribution in [0.4, 0.5) is 0 Å². The van der Waals surface area contributed by atoms with Gasteiger partial charge in [-0.05, 0) is 19.1 Å². The highest BCUT2D eigenvalue weighted by atomic mass is 35.5. The summed E-state index contributed by atoms with van der Waals surface area (Å²) < 4.78 is 5.27. The molecule has 0 aliphatic rings. The van der Waals surface area contributed by atoms with Crippen LogP contribution in [0.2, 0.25) is 5.02 Å². The Hall–Kier alpha value is -1.81. The molecule has 1 N–H and O–H groups in total. The smallest absolute Gasteiger partial charge is 0.358 e. The summed E-state index contributed by atoms with van der Waals surface area (Å²) in [5.41, 5.74) is 0.495. The molecule has 0 aliphatic carbocycles. The standard InChI is InChI=1S/C11H8ClNO3/c1-6-9(11(14)15)13-10(16-6)7-4-2-3-5-8(7)12/h2-5H,1H3,(H,14,15). The molecule has 0 unspecified atom stereocenters. The molecule has 0 saturated heterocycles. The number of nitrogens with zero attached hydrogens (tertiary/aromatic N) is 1. The first-order valence-electron chi connectivity index (χ1n) is 4.55. The fourth-order valence-electron chi connectivity index (χ4n) is 1.34. The van der Waals surface area contributed by atoms with Crippen LogP contribution in [0.5, 0.6) is 0 Å². The van der Waals surface area contributed by atoms with Crippen molar-refractivity contribution in [2.75, 3.05) is 0 Å². The van der Waals surface area contributed by atoms with E-state index in [0.29, 0.717) is 10.6 Å². The molecule has 5 heteroatoms. The maximum Gasteiger partial charge on any atom is 0.358 e. The fraction of sp³-hybridized carbons (Fsp3) is 0.0909. The van der Waals surface area contributed by atoms with Gasteiger partial charge in [-0.2, -0.15) is 0 Å². The Morgan fingerprint density at radius 3 is 2.69 bits per heavy atom. The van der Waals surface area contributed by atoms with E-state index in [-0.39, 0.29) is 17.3 Å². The van der Waals surface area contributed by atoms with Crippen molar-refractivity contribution >= 4 is 17.6 Å². The quantitative estimate of drug-likeness (QED) is 0.872. The van der Waals surface area contributed by atoms with E-state index in [0.717, 1.165) is 0 Å². The number of halogens is 1. The van der Waals surface area contributed by atoms with Crippen LogP contribution in [0.25, 0.3) is 11.5 Å². The maximum atomic E-state index is 10.8. The van der Waals surface area contributed by atoms with Crippen LogP contribution >= 0.6 is 11.6 Å². The molecular formula is C11H8ClNO3. The number of rotatable bonds is 2. The SMILES string of the molecule is Cc1oc(-c2ccccc2Cl)nc1C(=O)O. The summed E-state index contributed by atoms with van der Waals surface area (Å²) in [7, 11) is 0. The van der Waals surface area contributed by atoms with E-state index < -0.39 is 5.97 Å². The lowest BCUT2D eigenvalue weighted by molar-refractivity contribution is 0.0689. The van der Waals surface area contributed by atoms with Crippen LogP contribution in [0.15, 0.2) is 28.7 Å². The van der Waals surface area contributed by atoms with Crippen molar-refractivity contribution < 1.29 is 14.3 Å². The van der Waals surface area contributed by atoms with E-state index in [9.17, 15) is 4.79 Å². The number of oxazole rings is 1. The summed E-state index contributed by atoms with van der Waals surface area (Å²) >= 11 is 5.95. The molecule has 0 aliphatic heterocycles. The molecule has 4 nitrogen and oxygen atoms in total. The number of carboxylic acid groups (broad SMARTS) is 1. The molecule has 0 saturated carbocycles. The average molecular weight is 238 g/mol. The number of aryl methyl sites for hydroxylation is 1. The van der Waals surface area contributed by atoms with Gasteiger partial charge in [-0.15, -0.1) is 0 Å². The summed E-state index contributed by atoms with van der Waals surface area (Å²) in [6.45, 7) is 1.55. The number of aromatic carboxylic acids is 1. The summed E-state index contributed by atoms with van der Waals surface area (Å²) in [6.07, 6.45) is 0. The van der Waals surface area contributed by atoms with Crippen LogP contribution in [0, 0.1) is 6.92 Å². The van der Waals surface area contributed by atoms with Gasteiger partial charge < -0.3 is 9.52 Å². The number of aromatic nitrogens is 1. The summed E-state index contributed by atoms with van der Waals surface area (Å²) in [5, 5.41) is 9.31. The van der Waals surface area contributed by atoms with Crippen molar-refractivity contribution in [3.8, 4) is 11.5 Å². The van der Waals surface area contributed by atoms with Gasteiger partial charge in [0.15, 0.2) is 5.69 Å². The highest BCUT2D eigenvalue weighted by Gasteiger charge is 2.17.